The van der Waals surface area contributed by atoms with Crippen molar-refractivity contribution in [2.45, 2.75) is 76.0 Å². The third-order valence-electron chi connectivity index (χ3n) is 10.2. The second-order valence-electron chi connectivity index (χ2n) is 14.1. The number of carbonyl (C=O) groups excluding carboxylic acids is 2. The van der Waals surface area contributed by atoms with Gasteiger partial charge in [0, 0.05) is 22.5 Å². The number of halogens is 4. The van der Waals surface area contributed by atoms with E-state index in [1.807, 2.05) is 25.7 Å². The van der Waals surface area contributed by atoms with Crippen molar-refractivity contribution in [2.24, 2.45) is 11.3 Å². The fourth-order valence-corrected chi connectivity index (χ4v) is 8.40. The molecule has 2 aliphatic heterocycles. The number of benzene rings is 3. The monoisotopic (exact) mass is 695 g/mol. The standard InChI is InChI=1S/C37H37Cl2F2N3O4/c1-36(2,3)18-29-37(19-42,24-14-13-22(38)17-26(24)40)30(23-10-7-11-25(39)31(23)41)32-34(45)43(33(44(29)32)20-8-6-9-20)27-15-12-21(35(46)48-5)16-28(27)47-4/h7,10-17,20,29-30,32-33H,6,8-9,18H2,1-5H3/t29-,30-,32+,33+,37-/m0/s1. The molecule has 7 nitrogen and oxygen atoms in total. The van der Waals surface area contributed by atoms with Crippen molar-refractivity contribution >= 4 is 40.8 Å². The zero-order chi connectivity index (χ0) is 34.7. The lowest BCUT2D eigenvalue weighted by Gasteiger charge is -2.46. The van der Waals surface area contributed by atoms with Gasteiger partial charge in [-0.05, 0) is 72.6 Å². The first-order valence-corrected chi connectivity index (χ1v) is 16.7. The summed E-state index contributed by atoms with van der Waals surface area (Å²) in [6, 6.07) is 14.1. The molecule has 0 N–H and O–H groups in total. The molecule has 252 valence electrons. The van der Waals surface area contributed by atoms with Crippen molar-refractivity contribution in [3.63, 3.8) is 0 Å². The molecule has 11 heteroatoms. The number of nitrogens with zero attached hydrogens (tertiary/aromatic N) is 3. The normalized spacial score (nSPS) is 25.8. The number of methoxy groups -OCH3 is 2. The first-order valence-electron chi connectivity index (χ1n) is 16.0. The van der Waals surface area contributed by atoms with Gasteiger partial charge in [0.1, 0.15) is 28.8 Å². The maximum atomic E-state index is 16.3. The Morgan fingerprint density at radius 3 is 2.40 bits per heavy atom. The van der Waals surface area contributed by atoms with Gasteiger partial charge in [-0.15, -0.1) is 0 Å². The summed E-state index contributed by atoms with van der Waals surface area (Å²) in [6.07, 6.45) is 2.38. The molecule has 6 rings (SSSR count). The fourth-order valence-electron chi connectivity index (χ4n) is 8.06. The molecule has 0 radical (unpaired) electrons. The van der Waals surface area contributed by atoms with Gasteiger partial charge in [0.05, 0.1) is 42.7 Å². The van der Waals surface area contributed by atoms with Crippen molar-refractivity contribution in [1.82, 2.24) is 4.90 Å². The minimum atomic E-state index is -1.72. The number of hydrogen-bond acceptors (Lipinski definition) is 6. The van der Waals surface area contributed by atoms with E-state index < -0.39 is 52.6 Å². The van der Waals surface area contributed by atoms with Gasteiger partial charge in [-0.25, -0.2) is 13.6 Å². The highest BCUT2D eigenvalue weighted by Crippen LogP contribution is 2.61. The SMILES string of the molecule is COC(=O)c1ccc(N2C(=O)[C@H]3[C@H](c4cccc(Cl)c4F)[C@@](C#N)(c4ccc(Cl)cc4F)[C@H](CC(C)(C)C)N3[C@@H]2C2CCC2)c(OC)c1. The average molecular weight is 697 g/mol. The summed E-state index contributed by atoms with van der Waals surface area (Å²) in [5.74, 6) is -3.29. The molecule has 0 spiro atoms. The Hall–Kier alpha value is -3.71. The van der Waals surface area contributed by atoms with Crippen LogP contribution in [0.4, 0.5) is 14.5 Å². The molecule has 3 aromatic rings. The zero-order valence-corrected chi connectivity index (χ0v) is 28.9. The molecular weight excluding hydrogens is 659 g/mol. The van der Waals surface area contributed by atoms with E-state index in [4.69, 9.17) is 32.7 Å². The largest absolute Gasteiger partial charge is 0.495 e. The maximum absolute atomic E-state index is 16.3. The number of amides is 1. The van der Waals surface area contributed by atoms with Gasteiger partial charge in [-0.2, -0.15) is 5.26 Å². The maximum Gasteiger partial charge on any atom is 0.337 e. The Labute approximate surface area is 289 Å². The highest BCUT2D eigenvalue weighted by atomic mass is 35.5. The number of ether oxygens (including phenoxy) is 2. The summed E-state index contributed by atoms with van der Waals surface area (Å²) in [6.45, 7) is 6.08. The molecule has 5 atom stereocenters. The summed E-state index contributed by atoms with van der Waals surface area (Å²) >= 11 is 12.6. The first-order chi connectivity index (χ1) is 22.8. The summed E-state index contributed by atoms with van der Waals surface area (Å²) in [4.78, 5) is 31.3. The van der Waals surface area contributed by atoms with E-state index >= 15 is 13.6 Å². The number of esters is 1. The lowest BCUT2D eigenvalue weighted by Crippen LogP contribution is -2.55. The molecule has 3 aliphatic rings. The number of nitriles is 1. The Morgan fingerprint density at radius 1 is 1.08 bits per heavy atom. The molecule has 1 amide bonds. The average Bonchev–Trinajstić information content (AvgIpc) is 3.45. The number of fused-ring (bicyclic) bond motifs is 1. The first kappa shape index (κ1) is 34.2. The van der Waals surface area contributed by atoms with E-state index in [0.29, 0.717) is 12.1 Å². The Bertz CT molecular complexity index is 1820. The van der Waals surface area contributed by atoms with Crippen LogP contribution in [0.15, 0.2) is 54.6 Å². The third kappa shape index (κ3) is 5.33. The van der Waals surface area contributed by atoms with E-state index in [1.165, 1.54) is 44.6 Å². The van der Waals surface area contributed by atoms with Crippen LogP contribution in [0.5, 0.6) is 5.75 Å². The Kier molecular flexibility index (Phi) is 8.99. The van der Waals surface area contributed by atoms with Gasteiger partial charge in [0.2, 0.25) is 5.91 Å². The van der Waals surface area contributed by atoms with Gasteiger partial charge >= 0.3 is 5.97 Å². The molecule has 0 unspecified atom stereocenters. The summed E-state index contributed by atoms with van der Waals surface area (Å²) < 4.78 is 43.2. The van der Waals surface area contributed by atoms with E-state index in [9.17, 15) is 10.1 Å². The van der Waals surface area contributed by atoms with E-state index in [2.05, 4.69) is 6.07 Å². The summed E-state index contributed by atoms with van der Waals surface area (Å²) in [5, 5.41) is 11.4. The van der Waals surface area contributed by atoms with E-state index in [0.717, 1.165) is 25.3 Å². The van der Waals surface area contributed by atoms with Crippen molar-refractivity contribution in [3.05, 3.63) is 93.0 Å². The van der Waals surface area contributed by atoms with Gasteiger partial charge in [0.25, 0.3) is 0 Å². The van der Waals surface area contributed by atoms with Crippen LogP contribution < -0.4 is 9.64 Å². The van der Waals surface area contributed by atoms with Crippen molar-refractivity contribution in [1.29, 1.82) is 5.26 Å². The second kappa shape index (κ2) is 12.6. The van der Waals surface area contributed by atoms with Crippen LogP contribution in [-0.4, -0.2) is 49.2 Å². The Morgan fingerprint density at radius 2 is 1.81 bits per heavy atom. The van der Waals surface area contributed by atoms with Crippen molar-refractivity contribution in [3.8, 4) is 11.8 Å². The molecule has 3 fully saturated rings. The predicted octanol–water partition coefficient (Wildman–Crippen LogP) is 8.27. The van der Waals surface area contributed by atoms with Crippen LogP contribution in [0.25, 0.3) is 0 Å². The third-order valence-corrected chi connectivity index (χ3v) is 10.7. The summed E-state index contributed by atoms with van der Waals surface area (Å²) in [5.41, 5.74) is -1.34. The molecule has 0 aromatic heterocycles. The highest BCUT2D eigenvalue weighted by Gasteiger charge is 2.71. The van der Waals surface area contributed by atoms with E-state index in [-0.39, 0.29) is 44.3 Å². The topological polar surface area (TPSA) is 82.9 Å². The van der Waals surface area contributed by atoms with Crippen LogP contribution in [0.2, 0.25) is 10.0 Å². The number of hydrogen-bond donors (Lipinski definition) is 0. The lowest BCUT2D eigenvalue weighted by molar-refractivity contribution is -0.119. The molecule has 48 heavy (non-hydrogen) atoms. The molecule has 1 saturated carbocycles. The fraction of sp³-hybridized carbons (Fsp3) is 0.432. The van der Waals surface area contributed by atoms with E-state index in [1.54, 1.807) is 23.1 Å². The van der Waals surface area contributed by atoms with Crippen LogP contribution in [0.1, 0.15) is 73.9 Å². The molecule has 2 saturated heterocycles. The Balaban J connectivity index is 1.67. The second-order valence-corrected chi connectivity index (χ2v) is 14.9. The van der Waals surface area contributed by atoms with Gasteiger partial charge in [-0.1, -0.05) is 68.6 Å². The molecule has 3 aromatic carbocycles. The molecule has 2 heterocycles. The van der Waals surface area contributed by atoms with Gasteiger partial charge < -0.3 is 9.47 Å². The molecular formula is C37H37Cl2F2N3O4. The predicted molar refractivity (Wildman–Crippen MR) is 179 cm³/mol. The van der Waals surface area contributed by atoms with Crippen LogP contribution in [-0.2, 0) is 14.9 Å². The number of anilines is 1. The molecule has 1 aliphatic carbocycles. The minimum absolute atomic E-state index is 0.000763. The summed E-state index contributed by atoms with van der Waals surface area (Å²) in [7, 11) is 2.74. The van der Waals surface area contributed by atoms with Gasteiger partial charge in [-0.3, -0.25) is 14.6 Å². The number of carbonyl (C=O) groups is 2. The number of rotatable bonds is 7. The van der Waals surface area contributed by atoms with Crippen LogP contribution >= 0.6 is 23.2 Å². The van der Waals surface area contributed by atoms with Gasteiger partial charge in [0.15, 0.2) is 0 Å². The highest BCUT2D eigenvalue weighted by molar-refractivity contribution is 6.31. The van der Waals surface area contributed by atoms with Crippen molar-refractivity contribution < 1.29 is 27.8 Å². The van der Waals surface area contributed by atoms with Crippen LogP contribution in [0, 0.1) is 34.3 Å². The minimum Gasteiger partial charge on any atom is -0.495 e. The van der Waals surface area contributed by atoms with Crippen LogP contribution in [0.3, 0.4) is 0 Å². The lowest BCUT2D eigenvalue weighted by atomic mass is 9.62. The van der Waals surface area contributed by atoms with Crippen molar-refractivity contribution in [2.75, 3.05) is 19.1 Å². The zero-order valence-electron chi connectivity index (χ0n) is 27.4. The molecule has 0 bridgehead atoms. The smallest absolute Gasteiger partial charge is 0.337 e. The quantitative estimate of drug-likeness (QED) is 0.232.